The average Bonchev–Trinajstić information content (AvgIpc) is 3.11. The van der Waals surface area contributed by atoms with Crippen molar-refractivity contribution in [3.8, 4) is 17.2 Å². The molecule has 264 valence electrons. The molecule has 0 aliphatic rings. The SMILES string of the molecule is COc1cc(OC)c(CNC(=O)C(C[C@H](NC(=O)OC(C)(C)C)C(=O)O)SC(c2ccccc2)(c2ccccc2)c2ccccc2)c(OC)c1. The summed E-state index contributed by atoms with van der Waals surface area (Å²) in [5, 5.41) is 14.8. The molecule has 1 unspecified atom stereocenters. The van der Waals surface area contributed by atoms with Crippen molar-refractivity contribution >= 4 is 29.7 Å². The number of benzene rings is 4. The van der Waals surface area contributed by atoms with Crippen LogP contribution in [0.3, 0.4) is 0 Å². The Bertz CT molecular complexity index is 1610. The Labute approximate surface area is 297 Å². The monoisotopic (exact) mass is 700 g/mol. The first-order chi connectivity index (χ1) is 23.9. The van der Waals surface area contributed by atoms with E-state index in [1.54, 1.807) is 32.9 Å². The first-order valence-corrected chi connectivity index (χ1v) is 16.9. The summed E-state index contributed by atoms with van der Waals surface area (Å²) in [6.45, 7) is 5.05. The number of hydrogen-bond donors (Lipinski definition) is 3. The van der Waals surface area contributed by atoms with Crippen LogP contribution in [0.5, 0.6) is 17.2 Å². The van der Waals surface area contributed by atoms with Crippen molar-refractivity contribution in [3.05, 3.63) is 125 Å². The number of nitrogens with one attached hydrogen (secondary N) is 2. The molecule has 11 heteroatoms. The Morgan fingerprint density at radius 2 is 1.20 bits per heavy atom. The van der Waals surface area contributed by atoms with Crippen LogP contribution in [0, 0.1) is 0 Å². The number of carbonyl (C=O) groups excluding carboxylic acids is 2. The Hall–Kier alpha value is -5.16. The number of amides is 2. The molecular weight excluding hydrogens is 657 g/mol. The average molecular weight is 701 g/mol. The van der Waals surface area contributed by atoms with Crippen molar-refractivity contribution in [2.24, 2.45) is 0 Å². The lowest BCUT2D eigenvalue weighted by atomic mass is 9.84. The number of carboxylic acids is 1. The Balaban J connectivity index is 1.84. The van der Waals surface area contributed by atoms with Crippen molar-refractivity contribution < 1.29 is 38.4 Å². The van der Waals surface area contributed by atoms with Crippen molar-refractivity contribution in [1.29, 1.82) is 0 Å². The van der Waals surface area contributed by atoms with E-state index in [-0.39, 0.29) is 13.0 Å². The zero-order chi connectivity index (χ0) is 36.3. The third kappa shape index (κ3) is 9.29. The van der Waals surface area contributed by atoms with Crippen LogP contribution < -0.4 is 24.8 Å². The van der Waals surface area contributed by atoms with Crippen LogP contribution in [-0.2, 0) is 25.6 Å². The Morgan fingerprint density at radius 1 is 0.740 bits per heavy atom. The predicted octanol–water partition coefficient (Wildman–Crippen LogP) is 6.79. The molecule has 0 saturated carbocycles. The molecule has 0 bridgehead atoms. The van der Waals surface area contributed by atoms with Gasteiger partial charge < -0.3 is 34.7 Å². The fourth-order valence-corrected chi connectivity index (χ4v) is 7.29. The maximum atomic E-state index is 14.5. The number of rotatable bonds is 15. The van der Waals surface area contributed by atoms with Crippen molar-refractivity contribution in [3.63, 3.8) is 0 Å². The molecule has 4 aromatic carbocycles. The van der Waals surface area contributed by atoms with Gasteiger partial charge in [-0.3, -0.25) is 4.79 Å². The molecular formula is C39H44N2O8S. The third-order valence-electron chi connectivity index (χ3n) is 7.85. The van der Waals surface area contributed by atoms with E-state index in [0.29, 0.717) is 22.8 Å². The van der Waals surface area contributed by atoms with Crippen LogP contribution >= 0.6 is 11.8 Å². The Morgan fingerprint density at radius 3 is 1.58 bits per heavy atom. The highest BCUT2D eigenvalue weighted by atomic mass is 32.2. The van der Waals surface area contributed by atoms with E-state index in [4.69, 9.17) is 18.9 Å². The highest BCUT2D eigenvalue weighted by molar-refractivity contribution is 8.01. The molecule has 0 spiro atoms. The van der Waals surface area contributed by atoms with Gasteiger partial charge in [0.2, 0.25) is 5.91 Å². The molecule has 0 heterocycles. The van der Waals surface area contributed by atoms with Gasteiger partial charge in [0.25, 0.3) is 0 Å². The molecule has 10 nitrogen and oxygen atoms in total. The van der Waals surface area contributed by atoms with E-state index in [1.807, 2.05) is 91.0 Å². The van der Waals surface area contributed by atoms with Gasteiger partial charge >= 0.3 is 12.1 Å². The molecule has 50 heavy (non-hydrogen) atoms. The molecule has 2 amide bonds. The largest absolute Gasteiger partial charge is 0.496 e. The van der Waals surface area contributed by atoms with E-state index >= 15 is 0 Å². The van der Waals surface area contributed by atoms with Crippen LogP contribution in [0.15, 0.2) is 103 Å². The van der Waals surface area contributed by atoms with Crippen molar-refractivity contribution in [1.82, 2.24) is 10.6 Å². The molecule has 0 radical (unpaired) electrons. The summed E-state index contributed by atoms with van der Waals surface area (Å²) in [5.74, 6) is -0.379. The summed E-state index contributed by atoms with van der Waals surface area (Å²) in [6, 6.07) is 31.2. The fraction of sp³-hybridized carbons (Fsp3) is 0.308. The normalized spacial score (nSPS) is 12.6. The van der Waals surface area contributed by atoms with Gasteiger partial charge in [-0.2, -0.15) is 0 Å². The molecule has 0 aliphatic carbocycles. The number of aliphatic carboxylic acids is 1. The van der Waals surface area contributed by atoms with Crippen LogP contribution in [0.25, 0.3) is 0 Å². The number of ether oxygens (including phenoxy) is 4. The van der Waals surface area contributed by atoms with E-state index in [1.165, 1.54) is 33.1 Å². The van der Waals surface area contributed by atoms with Gasteiger partial charge in [-0.1, -0.05) is 91.0 Å². The van der Waals surface area contributed by atoms with Crippen LogP contribution in [0.4, 0.5) is 4.79 Å². The zero-order valence-corrected chi connectivity index (χ0v) is 29.9. The number of carbonyl (C=O) groups is 3. The quantitative estimate of drug-likeness (QED) is 0.115. The number of carboxylic acid groups (broad SMARTS) is 1. The summed E-state index contributed by atoms with van der Waals surface area (Å²) >= 11 is 1.30. The summed E-state index contributed by atoms with van der Waals surface area (Å²) in [6.07, 6.45) is -1.17. The second-order valence-electron chi connectivity index (χ2n) is 12.4. The second-order valence-corrected chi connectivity index (χ2v) is 13.8. The summed E-state index contributed by atoms with van der Waals surface area (Å²) < 4.78 is 21.0. The maximum Gasteiger partial charge on any atom is 0.408 e. The molecule has 3 N–H and O–H groups in total. The van der Waals surface area contributed by atoms with Crippen LogP contribution in [0.1, 0.15) is 49.4 Å². The van der Waals surface area contributed by atoms with Crippen molar-refractivity contribution in [2.75, 3.05) is 21.3 Å². The molecule has 0 saturated heterocycles. The number of hydrogen-bond acceptors (Lipinski definition) is 8. The van der Waals surface area contributed by atoms with Gasteiger partial charge in [0.05, 0.1) is 43.4 Å². The lowest BCUT2D eigenvalue weighted by molar-refractivity contribution is -0.139. The van der Waals surface area contributed by atoms with E-state index in [0.717, 1.165) is 16.7 Å². The Kier molecular flexibility index (Phi) is 12.8. The van der Waals surface area contributed by atoms with Crippen molar-refractivity contribution in [2.45, 2.75) is 55.4 Å². The van der Waals surface area contributed by atoms with E-state index in [9.17, 15) is 19.5 Å². The van der Waals surface area contributed by atoms with Gasteiger partial charge in [0.1, 0.15) is 28.9 Å². The summed E-state index contributed by atoms with van der Waals surface area (Å²) in [4.78, 5) is 40.0. The van der Waals surface area contributed by atoms with Crippen LogP contribution in [-0.4, -0.2) is 61.3 Å². The van der Waals surface area contributed by atoms with Gasteiger partial charge in [0.15, 0.2) is 0 Å². The van der Waals surface area contributed by atoms with E-state index < -0.39 is 39.6 Å². The second kappa shape index (κ2) is 17.0. The molecule has 4 aromatic rings. The standard InChI is InChI=1S/C39H44N2O8S/c1-38(2,3)49-37(45)41-31(36(43)44)24-34(35(42)40-25-30-32(47-5)22-29(46-4)23-33(30)48-6)50-39(26-16-10-7-11-17-26,27-18-12-8-13-19-27)28-20-14-9-15-21-28/h7-23,31,34H,24-25H2,1-6H3,(H,40,42)(H,41,45)(H,43,44)/t31-,34?/m0/s1. The summed E-state index contributed by atoms with van der Waals surface area (Å²) in [5.41, 5.74) is 2.34. The van der Waals surface area contributed by atoms with Gasteiger partial charge in [-0.05, 0) is 43.9 Å². The number of alkyl carbamates (subject to hydrolysis) is 1. The lowest BCUT2D eigenvalue weighted by Crippen LogP contribution is -2.47. The first-order valence-electron chi connectivity index (χ1n) is 16.0. The van der Waals surface area contributed by atoms with Crippen LogP contribution in [0.2, 0.25) is 0 Å². The third-order valence-corrected chi connectivity index (χ3v) is 9.60. The molecule has 0 aliphatic heterocycles. The topological polar surface area (TPSA) is 132 Å². The fourth-order valence-electron chi connectivity index (χ4n) is 5.57. The van der Waals surface area contributed by atoms with Gasteiger partial charge in [-0.25, -0.2) is 9.59 Å². The highest BCUT2D eigenvalue weighted by Gasteiger charge is 2.43. The number of thioether (sulfide) groups is 1. The van der Waals surface area contributed by atoms with Gasteiger partial charge in [0, 0.05) is 12.1 Å². The predicted molar refractivity (Wildman–Crippen MR) is 194 cm³/mol. The number of methoxy groups -OCH3 is 3. The smallest absolute Gasteiger partial charge is 0.408 e. The molecule has 0 fully saturated rings. The highest BCUT2D eigenvalue weighted by Crippen LogP contribution is 2.51. The minimum Gasteiger partial charge on any atom is -0.496 e. The molecule has 0 aromatic heterocycles. The zero-order valence-electron chi connectivity index (χ0n) is 29.1. The minimum atomic E-state index is -1.46. The first kappa shape index (κ1) is 37.7. The summed E-state index contributed by atoms with van der Waals surface area (Å²) in [7, 11) is 4.54. The minimum absolute atomic E-state index is 0.00151. The van der Waals surface area contributed by atoms with E-state index in [2.05, 4.69) is 10.6 Å². The van der Waals surface area contributed by atoms with Gasteiger partial charge in [-0.15, -0.1) is 11.8 Å². The lowest BCUT2D eigenvalue weighted by Gasteiger charge is -2.38. The maximum absolute atomic E-state index is 14.5. The molecule has 4 rings (SSSR count). The molecule has 2 atom stereocenters.